The van der Waals surface area contributed by atoms with E-state index in [1.165, 1.54) is 4.68 Å². The van der Waals surface area contributed by atoms with E-state index in [1.54, 1.807) is 14.0 Å². The number of rotatable bonds is 1. The van der Waals surface area contributed by atoms with Gasteiger partial charge in [-0.2, -0.15) is 15.3 Å². The Balaban J connectivity index is 3.25. The molecule has 5 heteroatoms. The monoisotopic (exact) mass is 164 g/mol. The molecule has 0 spiro atoms. The molecule has 0 aromatic carbocycles. The molecule has 0 radical (unpaired) electrons. The Morgan fingerprint density at radius 3 is 2.92 bits per heavy atom. The van der Waals surface area contributed by atoms with Gasteiger partial charge in [-0.05, 0) is 6.92 Å². The van der Waals surface area contributed by atoms with Gasteiger partial charge in [0.05, 0.1) is 12.5 Å². The SMILES string of the molecule is Cc1nn(C)c(CC#N)nc1=O. The smallest absolute Gasteiger partial charge is 0.265 e. The Bertz CT molecular complexity index is 387. The molecular weight excluding hydrogens is 156 g/mol. The van der Waals surface area contributed by atoms with E-state index >= 15 is 0 Å². The average molecular weight is 164 g/mol. The van der Waals surface area contributed by atoms with Crippen molar-refractivity contribution in [3.8, 4) is 6.07 Å². The lowest BCUT2D eigenvalue weighted by molar-refractivity contribution is 0.640. The number of nitrogens with zero attached hydrogens (tertiary/aromatic N) is 4. The van der Waals surface area contributed by atoms with Crippen molar-refractivity contribution in [3.05, 3.63) is 21.9 Å². The Kier molecular flexibility index (Phi) is 2.19. The third-order valence-corrected chi connectivity index (χ3v) is 1.45. The average Bonchev–Trinajstić information content (AvgIpc) is 2.01. The molecular formula is C7H8N4O. The topological polar surface area (TPSA) is 71.6 Å². The molecule has 0 bridgehead atoms. The Hall–Kier alpha value is -1.70. The van der Waals surface area contributed by atoms with Crippen LogP contribution in [0.5, 0.6) is 0 Å². The lowest BCUT2D eigenvalue weighted by Crippen LogP contribution is -2.21. The van der Waals surface area contributed by atoms with Gasteiger partial charge in [-0.25, -0.2) is 0 Å². The maximum Gasteiger partial charge on any atom is 0.294 e. The molecule has 0 saturated heterocycles. The summed E-state index contributed by atoms with van der Waals surface area (Å²) < 4.78 is 1.44. The normalized spacial score (nSPS) is 9.42. The molecule has 0 fully saturated rings. The molecule has 62 valence electrons. The third-order valence-electron chi connectivity index (χ3n) is 1.45. The maximum absolute atomic E-state index is 11.0. The molecule has 1 aromatic heterocycles. The maximum atomic E-state index is 11.0. The summed E-state index contributed by atoms with van der Waals surface area (Å²) in [6.07, 6.45) is 0.110. The fraction of sp³-hybridized carbons (Fsp3) is 0.429. The fourth-order valence-corrected chi connectivity index (χ4v) is 0.821. The highest BCUT2D eigenvalue weighted by Gasteiger charge is 2.02. The minimum atomic E-state index is -0.363. The Labute approximate surface area is 69.3 Å². The van der Waals surface area contributed by atoms with Gasteiger partial charge in [0.2, 0.25) is 0 Å². The molecule has 0 unspecified atom stereocenters. The van der Waals surface area contributed by atoms with Crippen LogP contribution >= 0.6 is 0 Å². The molecule has 0 aliphatic heterocycles. The van der Waals surface area contributed by atoms with Crippen molar-refractivity contribution in [1.29, 1.82) is 5.26 Å². The second kappa shape index (κ2) is 3.13. The first-order chi connectivity index (χ1) is 5.65. The molecule has 0 aliphatic carbocycles. The first-order valence-corrected chi connectivity index (χ1v) is 3.43. The number of nitriles is 1. The van der Waals surface area contributed by atoms with Crippen LogP contribution in [0.3, 0.4) is 0 Å². The van der Waals surface area contributed by atoms with Crippen LogP contribution in [0.15, 0.2) is 4.79 Å². The summed E-state index contributed by atoms with van der Waals surface area (Å²) in [5.74, 6) is 0.396. The highest BCUT2D eigenvalue weighted by Crippen LogP contribution is 1.88. The number of aryl methyl sites for hydroxylation is 2. The van der Waals surface area contributed by atoms with Crippen molar-refractivity contribution < 1.29 is 0 Å². The zero-order valence-electron chi connectivity index (χ0n) is 6.90. The molecule has 0 amide bonds. The van der Waals surface area contributed by atoms with E-state index in [-0.39, 0.29) is 12.0 Å². The predicted octanol–water partition coefficient (Wildman–Crippen LogP) is -0.450. The van der Waals surface area contributed by atoms with E-state index < -0.39 is 0 Å². The molecule has 0 atom stereocenters. The van der Waals surface area contributed by atoms with Crippen LogP contribution in [0.2, 0.25) is 0 Å². The van der Waals surface area contributed by atoms with Crippen molar-refractivity contribution in [2.75, 3.05) is 0 Å². The summed E-state index contributed by atoms with van der Waals surface area (Å²) in [4.78, 5) is 14.7. The van der Waals surface area contributed by atoms with Gasteiger partial charge in [-0.3, -0.25) is 9.48 Å². The first kappa shape index (κ1) is 8.40. The zero-order valence-corrected chi connectivity index (χ0v) is 6.90. The molecule has 1 rings (SSSR count). The highest BCUT2D eigenvalue weighted by molar-refractivity contribution is 4.98. The molecule has 0 aliphatic rings. The fourth-order valence-electron chi connectivity index (χ4n) is 0.821. The summed E-state index contributed by atoms with van der Waals surface area (Å²) in [6.45, 7) is 1.59. The second-order valence-corrected chi connectivity index (χ2v) is 2.38. The van der Waals surface area contributed by atoms with Crippen molar-refractivity contribution in [2.45, 2.75) is 13.3 Å². The minimum absolute atomic E-state index is 0.110. The quantitative estimate of drug-likeness (QED) is 0.563. The summed E-state index contributed by atoms with van der Waals surface area (Å²) in [7, 11) is 1.66. The van der Waals surface area contributed by atoms with Crippen LogP contribution in [0.4, 0.5) is 0 Å². The van der Waals surface area contributed by atoms with Gasteiger partial charge in [-0.15, -0.1) is 0 Å². The summed E-state index contributed by atoms with van der Waals surface area (Å²) in [5, 5.41) is 12.3. The van der Waals surface area contributed by atoms with E-state index in [0.717, 1.165) is 0 Å². The van der Waals surface area contributed by atoms with Gasteiger partial charge in [0.25, 0.3) is 5.56 Å². The van der Waals surface area contributed by atoms with Crippen molar-refractivity contribution >= 4 is 0 Å². The lowest BCUT2D eigenvalue weighted by Gasteiger charge is -2.01. The minimum Gasteiger partial charge on any atom is -0.265 e. The zero-order chi connectivity index (χ0) is 9.14. The summed E-state index contributed by atoms with van der Waals surface area (Å²) >= 11 is 0. The van der Waals surface area contributed by atoms with Gasteiger partial charge >= 0.3 is 0 Å². The first-order valence-electron chi connectivity index (χ1n) is 3.43. The molecule has 0 N–H and O–H groups in total. The molecule has 1 heterocycles. The van der Waals surface area contributed by atoms with Gasteiger partial charge in [0, 0.05) is 7.05 Å². The summed E-state index contributed by atoms with van der Waals surface area (Å²) in [6, 6.07) is 1.91. The van der Waals surface area contributed by atoms with Gasteiger partial charge in [0.15, 0.2) is 0 Å². The largest absolute Gasteiger partial charge is 0.294 e. The number of hydrogen-bond acceptors (Lipinski definition) is 4. The number of aromatic nitrogens is 3. The molecule has 5 nitrogen and oxygen atoms in total. The van der Waals surface area contributed by atoms with Crippen LogP contribution in [0, 0.1) is 18.3 Å². The van der Waals surface area contributed by atoms with Crippen LogP contribution in [0.1, 0.15) is 11.5 Å². The standard InChI is InChI=1S/C7H8N4O/c1-5-7(12)9-6(3-4-8)11(2)10-5/h3H2,1-2H3. The van der Waals surface area contributed by atoms with Crippen molar-refractivity contribution in [3.63, 3.8) is 0 Å². The van der Waals surface area contributed by atoms with Gasteiger partial charge in [0.1, 0.15) is 11.5 Å². The predicted molar refractivity (Wildman–Crippen MR) is 41.3 cm³/mol. The van der Waals surface area contributed by atoms with Gasteiger partial charge in [-0.1, -0.05) is 0 Å². The van der Waals surface area contributed by atoms with Crippen molar-refractivity contribution in [2.24, 2.45) is 7.05 Å². The summed E-state index contributed by atoms with van der Waals surface area (Å²) in [5.41, 5.74) is -0.0162. The van der Waals surface area contributed by atoms with E-state index in [2.05, 4.69) is 10.1 Å². The van der Waals surface area contributed by atoms with Crippen LogP contribution < -0.4 is 5.56 Å². The van der Waals surface area contributed by atoms with Crippen LogP contribution in [-0.2, 0) is 13.5 Å². The van der Waals surface area contributed by atoms with E-state index in [9.17, 15) is 4.79 Å². The van der Waals surface area contributed by atoms with Crippen LogP contribution in [-0.4, -0.2) is 14.8 Å². The van der Waals surface area contributed by atoms with E-state index in [1.807, 2.05) is 6.07 Å². The number of hydrogen-bond donors (Lipinski definition) is 0. The van der Waals surface area contributed by atoms with Crippen molar-refractivity contribution in [1.82, 2.24) is 14.8 Å². The van der Waals surface area contributed by atoms with E-state index in [4.69, 9.17) is 5.26 Å². The Morgan fingerprint density at radius 1 is 1.67 bits per heavy atom. The van der Waals surface area contributed by atoms with Crippen LogP contribution in [0.25, 0.3) is 0 Å². The molecule has 12 heavy (non-hydrogen) atoms. The second-order valence-electron chi connectivity index (χ2n) is 2.38. The third kappa shape index (κ3) is 1.48. The molecule has 0 saturated carbocycles. The highest BCUT2D eigenvalue weighted by atomic mass is 16.1. The lowest BCUT2D eigenvalue weighted by atomic mass is 10.4. The van der Waals surface area contributed by atoms with Gasteiger partial charge < -0.3 is 0 Å². The van der Waals surface area contributed by atoms with E-state index in [0.29, 0.717) is 11.5 Å². The molecule has 1 aromatic rings. The Morgan fingerprint density at radius 2 is 2.33 bits per heavy atom.